The summed E-state index contributed by atoms with van der Waals surface area (Å²) < 4.78 is 24.7. The quantitative estimate of drug-likeness (QED) is 0.612. The Bertz CT molecular complexity index is 1080. The van der Waals surface area contributed by atoms with Crippen molar-refractivity contribution in [1.82, 2.24) is 10.3 Å². The predicted molar refractivity (Wildman–Crippen MR) is 107 cm³/mol. The number of carboxylic acid groups (broad SMARTS) is 1. The van der Waals surface area contributed by atoms with Gasteiger partial charge in [0.05, 0.1) is 18.9 Å². The first-order valence-electron chi connectivity index (χ1n) is 8.95. The maximum atomic E-state index is 13.7. The number of nitrogens with one attached hydrogen (secondary N) is 1. The van der Waals surface area contributed by atoms with Crippen molar-refractivity contribution < 1.29 is 28.6 Å². The van der Waals surface area contributed by atoms with Crippen molar-refractivity contribution in [2.75, 3.05) is 7.11 Å². The minimum absolute atomic E-state index is 0.0530. The second-order valence-electron chi connectivity index (χ2n) is 6.48. The highest BCUT2D eigenvalue weighted by molar-refractivity contribution is 5.96. The van der Waals surface area contributed by atoms with Gasteiger partial charge < -0.3 is 19.9 Å². The Morgan fingerprint density at radius 2 is 1.80 bits per heavy atom. The van der Waals surface area contributed by atoms with Crippen LogP contribution in [0.1, 0.15) is 31.8 Å². The molecule has 3 rings (SSSR count). The van der Waals surface area contributed by atoms with Crippen LogP contribution >= 0.6 is 0 Å². The van der Waals surface area contributed by atoms with Crippen molar-refractivity contribution in [3.05, 3.63) is 82.8 Å². The van der Waals surface area contributed by atoms with Crippen molar-refractivity contribution >= 4 is 11.9 Å². The Balaban J connectivity index is 1.78. The lowest BCUT2D eigenvalue weighted by molar-refractivity contribution is 0.0696. The number of aryl methyl sites for hydroxylation is 1. The van der Waals surface area contributed by atoms with E-state index in [1.807, 2.05) is 13.0 Å². The molecule has 0 bridgehead atoms. The van der Waals surface area contributed by atoms with Crippen LogP contribution in [-0.4, -0.2) is 29.1 Å². The van der Waals surface area contributed by atoms with Gasteiger partial charge >= 0.3 is 5.97 Å². The zero-order valence-electron chi connectivity index (χ0n) is 16.3. The number of benzene rings is 2. The first-order chi connectivity index (χ1) is 14.4. The van der Waals surface area contributed by atoms with Crippen molar-refractivity contribution in [2.24, 2.45) is 0 Å². The topological polar surface area (TPSA) is 97.8 Å². The normalized spacial score (nSPS) is 10.4. The summed E-state index contributed by atoms with van der Waals surface area (Å²) in [5, 5.41) is 11.6. The number of rotatable bonds is 7. The first kappa shape index (κ1) is 20.8. The molecule has 2 aromatic carbocycles. The van der Waals surface area contributed by atoms with Crippen LogP contribution in [0.15, 0.2) is 54.7 Å². The minimum Gasteiger partial charge on any atom is -0.497 e. The van der Waals surface area contributed by atoms with E-state index in [0.717, 1.165) is 17.8 Å². The van der Waals surface area contributed by atoms with Crippen molar-refractivity contribution in [1.29, 1.82) is 0 Å². The zero-order valence-corrected chi connectivity index (χ0v) is 16.3. The molecule has 0 spiro atoms. The molecule has 1 amide bonds. The molecular formula is C22H19FN2O5. The van der Waals surface area contributed by atoms with Gasteiger partial charge in [0.1, 0.15) is 22.9 Å². The number of methoxy groups -OCH3 is 1. The average molecular weight is 410 g/mol. The van der Waals surface area contributed by atoms with Crippen molar-refractivity contribution in [3.8, 4) is 17.4 Å². The molecule has 3 aromatic rings. The van der Waals surface area contributed by atoms with Gasteiger partial charge in [-0.05, 0) is 48.4 Å². The number of aromatic carboxylic acids is 1. The average Bonchev–Trinajstić information content (AvgIpc) is 2.73. The van der Waals surface area contributed by atoms with Gasteiger partial charge in [-0.1, -0.05) is 12.1 Å². The van der Waals surface area contributed by atoms with E-state index in [2.05, 4.69) is 10.3 Å². The second kappa shape index (κ2) is 9.04. The molecule has 0 atom stereocenters. The predicted octanol–water partition coefficient (Wildman–Crippen LogP) is 3.96. The zero-order chi connectivity index (χ0) is 21.7. The fourth-order valence-corrected chi connectivity index (χ4v) is 2.72. The highest BCUT2D eigenvalue weighted by atomic mass is 19.1. The third kappa shape index (κ3) is 5.11. The van der Waals surface area contributed by atoms with Gasteiger partial charge in [-0.2, -0.15) is 0 Å². The summed E-state index contributed by atoms with van der Waals surface area (Å²) in [6, 6.07) is 12.3. The molecule has 0 saturated heterocycles. The maximum Gasteiger partial charge on any atom is 0.335 e. The van der Waals surface area contributed by atoms with Gasteiger partial charge in [-0.3, -0.25) is 4.79 Å². The molecule has 2 N–H and O–H groups in total. The SMILES string of the molecule is COc1cc(C)cc(Oc2ncc(F)cc2C(=O)NCc2ccc(C(=O)O)cc2)c1. The van der Waals surface area contributed by atoms with Crippen molar-refractivity contribution in [3.63, 3.8) is 0 Å². The van der Waals surface area contributed by atoms with E-state index in [1.165, 1.54) is 19.2 Å². The minimum atomic E-state index is -1.04. The molecule has 1 heterocycles. The van der Waals surface area contributed by atoms with Gasteiger partial charge in [0.15, 0.2) is 0 Å². The lowest BCUT2D eigenvalue weighted by Gasteiger charge is -2.12. The van der Waals surface area contributed by atoms with Gasteiger partial charge in [0, 0.05) is 12.6 Å². The summed E-state index contributed by atoms with van der Waals surface area (Å²) in [5.41, 5.74) is 1.63. The fourth-order valence-electron chi connectivity index (χ4n) is 2.72. The molecule has 1 aromatic heterocycles. The van der Waals surface area contributed by atoms with E-state index in [4.69, 9.17) is 14.6 Å². The lowest BCUT2D eigenvalue weighted by Crippen LogP contribution is -2.23. The summed E-state index contributed by atoms with van der Waals surface area (Å²) in [4.78, 5) is 27.4. The number of hydrogen-bond acceptors (Lipinski definition) is 5. The Labute approximate surface area is 172 Å². The first-order valence-corrected chi connectivity index (χ1v) is 8.95. The molecule has 7 nitrogen and oxygen atoms in total. The highest BCUT2D eigenvalue weighted by Gasteiger charge is 2.17. The molecule has 154 valence electrons. The highest BCUT2D eigenvalue weighted by Crippen LogP contribution is 2.28. The number of amides is 1. The van der Waals surface area contributed by atoms with E-state index < -0.39 is 17.7 Å². The number of nitrogens with zero attached hydrogens (tertiary/aromatic N) is 1. The molecule has 0 aliphatic rings. The van der Waals surface area contributed by atoms with Crippen LogP contribution in [0.2, 0.25) is 0 Å². The van der Waals surface area contributed by atoms with Gasteiger partial charge in [0.25, 0.3) is 5.91 Å². The number of halogens is 1. The number of carbonyl (C=O) groups excluding carboxylic acids is 1. The Kier molecular flexibility index (Phi) is 6.26. The summed E-state index contributed by atoms with van der Waals surface area (Å²) in [5.74, 6) is -1.39. The van der Waals surface area contributed by atoms with Crippen LogP contribution in [0.4, 0.5) is 4.39 Å². The van der Waals surface area contributed by atoms with E-state index in [9.17, 15) is 14.0 Å². The summed E-state index contributed by atoms with van der Waals surface area (Å²) in [6.45, 7) is 1.98. The number of pyridine rings is 1. The smallest absolute Gasteiger partial charge is 0.335 e. The summed E-state index contributed by atoms with van der Waals surface area (Å²) in [6.07, 6.45) is 0.962. The van der Waals surface area contributed by atoms with Gasteiger partial charge in [0.2, 0.25) is 5.88 Å². The number of carboxylic acids is 1. The van der Waals surface area contributed by atoms with E-state index in [0.29, 0.717) is 17.1 Å². The van der Waals surface area contributed by atoms with Crippen LogP contribution in [0.25, 0.3) is 0 Å². The molecule has 0 fully saturated rings. The van der Waals surface area contributed by atoms with Crippen LogP contribution in [0.5, 0.6) is 17.4 Å². The maximum absolute atomic E-state index is 13.7. The molecule has 0 saturated carbocycles. The molecule has 8 heteroatoms. The molecule has 0 aliphatic heterocycles. The molecular weight excluding hydrogens is 391 g/mol. The van der Waals surface area contributed by atoms with E-state index in [1.54, 1.807) is 24.3 Å². The lowest BCUT2D eigenvalue weighted by atomic mass is 10.1. The Morgan fingerprint density at radius 1 is 1.10 bits per heavy atom. The van der Waals surface area contributed by atoms with E-state index >= 15 is 0 Å². The summed E-state index contributed by atoms with van der Waals surface area (Å²) >= 11 is 0. The molecule has 0 unspecified atom stereocenters. The monoisotopic (exact) mass is 410 g/mol. The second-order valence-corrected chi connectivity index (χ2v) is 6.48. The number of hydrogen-bond donors (Lipinski definition) is 2. The van der Waals surface area contributed by atoms with Gasteiger partial charge in [-0.25, -0.2) is 14.2 Å². The van der Waals surface area contributed by atoms with Crippen LogP contribution in [0.3, 0.4) is 0 Å². The molecule has 0 radical (unpaired) electrons. The standard InChI is InChI=1S/C22H19FN2O5/c1-13-7-17(29-2)10-18(8-13)30-21-19(9-16(23)12-25-21)20(26)24-11-14-3-5-15(6-4-14)22(27)28/h3-10,12H,11H2,1-2H3,(H,24,26)(H,27,28). The number of aromatic nitrogens is 1. The fraction of sp³-hybridized carbons (Fsp3) is 0.136. The van der Waals surface area contributed by atoms with Crippen LogP contribution in [-0.2, 0) is 6.54 Å². The largest absolute Gasteiger partial charge is 0.497 e. The van der Waals surface area contributed by atoms with E-state index in [-0.39, 0.29) is 23.6 Å². The third-order valence-corrected chi connectivity index (χ3v) is 4.19. The van der Waals surface area contributed by atoms with Crippen LogP contribution < -0.4 is 14.8 Å². The van der Waals surface area contributed by atoms with Crippen LogP contribution in [0, 0.1) is 12.7 Å². The number of ether oxygens (including phenoxy) is 2. The molecule has 30 heavy (non-hydrogen) atoms. The third-order valence-electron chi connectivity index (χ3n) is 4.19. The Hall–Kier alpha value is -3.94. The van der Waals surface area contributed by atoms with Gasteiger partial charge in [-0.15, -0.1) is 0 Å². The summed E-state index contributed by atoms with van der Waals surface area (Å²) in [7, 11) is 1.52. The van der Waals surface area contributed by atoms with Crippen molar-refractivity contribution in [2.45, 2.75) is 13.5 Å². The number of carbonyl (C=O) groups is 2. The molecule has 0 aliphatic carbocycles. The Morgan fingerprint density at radius 3 is 2.47 bits per heavy atom.